The van der Waals surface area contributed by atoms with Crippen molar-refractivity contribution in [1.29, 1.82) is 0 Å². The number of rotatable bonds is 11. The Bertz CT molecular complexity index is 2570. The van der Waals surface area contributed by atoms with Gasteiger partial charge in [-0.3, -0.25) is 9.59 Å². The van der Waals surface area contributed by atoms with Crippen LogP contribution in [-0.4, -0.2) is 97.7 Å². The minimum atomic E-state index is -0.692. The number of nitrogens with one attached hydrogen (secondary N) is 4. The predicted octanol–water partition coefficient (Wildman–Crippen LogP) is 7.76. The van der Waals surface area contributed by atoms with Gasteiger partial charge >= 0.3 is 12.2 Å². The number of H-pyrrole nitrogens is 2. The van der Waals surface area contributed by atoms with E-state index in [2.05, 4.69) is 68.6 Å². The zero-order valence-corrected chi connectivity index (χ0v) is 37.3. The van der Waals surface area contributed by atoms with Crippen LogP contribution in [0.2, 0.25) is 0 Å². The Morgan fingerprint density at radius 1 is 0.730 bits per heavy atom. The van der Waals surface area contributed by atoms with E-state index >= 15 is 0 Å². The third-order valence-electron chi connectivity index (χ3n) is 13.9. The molecule has 0 bridgehead atoms. The maximum absolute atomic E-state index is 13.8. The lowest BCUT2D eigenvalue weighted by atomic mass is 9.78. The number of nitrogens with zero attached hydrogens (tertiary/aromatic N) is 5. The van der Waals surface area contributed by atoms with Crippen LogP contribution in [-0.2, 0) is 32.5 Å². The molecule has 5 atom stereocenters. The molecule has 3 fully saturated rings. The second-order valence-electron chi connectivity index (χ2n) is 18.5. The Kier molecular flexibility index (Phi) is 11.3. The molecule has 2 aliphatic carbocycles. The molecule has 4 amide bonds. The van der Waals surface area contributed by atoms with Crippen LogP contribution in [0.25, 0.3) is 44.7 Å². The molecule has 9 rings (SSSR count). The zero-order valence-electron chi connectivity index (χ0n) is 37.3. The lowest BCUT2D eigenvalue weighted by Crippen LogP contribution is -2.51. The van der Waals surface area contributed by atoms with Crippen LogP contribution < -0.4 is 10.6 Å². The number of benzene rings is 2. The number of fused-ring (bicyclic) bond motifs is 5. The monoisotopic (exact) mass is 857 g/mol. The molecule has 0 spiro atoms. The number of alkyl carbamates (subject to hydrolysis) is 2. The number of ether oxygens (including phenoxy) is 2. The lowest BCUT2D eigenvalue weighted by Gasteiger charge is -2.30. The molecule has 3 unspecified atom stereocenters. The Hall–Kier alpha value is -6.12. The number of aromatic nitrogens is 5. The van der Waals surface area contributed by atoms with Crippen LogP contribution in [0.3, 0.4) is 0 Å². The first-order valence-electron chi connectivity index (χ1n) is 22.5. The van der Waals surface area contributed by atoms with Crippen molar-refractivity contribution in [3.8, 4) is 33.8 Å². The van der Waals surface area contributed by atoms with Crippen LogP contribution in [0, 0.1) is 17.8 Å². The minimum absolute atomic E-state index is 0.106. The molecule has 1 saturated carbocycles. The average molecular weight is 858 g/mol. The number of hydrogen-bond donors (Lipinski definition) is 4. The predicted molar refractivity (Wildman–Crippen MR) is 238 cm³/mol. The molecule has 2 saturated heterocycles. The van der Waals surface area contributed by atoms with Crippen molar-refractivity contribution >= 4 is 34.9 Å². The van der Waals surface area contributed by atoms with Crippen molar-refractivity contribution in [2.24, 2.45) is 24.8 Å². The molecule has 4 aliphatic rings. The number of amides is 4. The molecule has 5 heterocycles. The number of carbonyl (C=O) groups is 4. The Morgan fingerprint density at radius 3 is 1.76 bits per heavy atom. The van der Waals surface area contributed by atoms with Crippen LogP contribution >= 0.6 is 0 Å². The number of carbonyl (C=O) groups excluding carboxylic acids is 4. The van der Waals surface area contributed by atoms with Crippen LogP contribution in [0.4, 0.5) is 9.59 Å². The molecule has 5 aromatic rings. The summed E-state index contributed by atoms with van der Waals surface area (Å²) >= 11 is 0. The van der Waals surface area contributed by atoms with Gasteiger partial charge in [0.25, 0.3) is 0 Å². The van der Waals surface area contributed by atoms with Crippen LogP contribution in [0.15, 0.2) is 48.8 Å². The van der Waals surface area contributed by atoms with E-state index in [-0.39, 0.29) is 35.7 Å². The lowest BCUT2D eigenvalue weighted by molar-refractivity contribution is -0.136. The topological polar surface area (TPSA) is 180 Å². The van der Waals surface area contributed by atoms with Crippen molar-refractivity contribution in [3.63, 3.8) is 0 Å². The molecule has 332 valence electrons. The fourth-order valence-corrected chi connectivity index (χ4v) is 10.4. The highest BCUT2D eigenvalue weighted by molar-refractivity contribution is 5.97. The first-order valence-corrected chi connectivity index (χ1v) is 22.5. The molecule has 3 aromatic heterocycles. The summed E-state index contributed by atoms with van der Waals surface area (Å²) in [6.07, 6.45) is 9.19. The Labute approximate surface area is 367 Å². The van der Waals surface area contributed by atoms with E-state index in [0.29, 0.717) is 24.9 Å². The third kappa shape index (κ3) is 7.73. The molecular formula is C48H59N9O6. The third-order valence-corrected chi connectivity index (χ3v) is 13.9. The Morgan fingerprint density at radius 2 is 1.25 bits per heavy atom. The maximum atomic E-state index is 13.8. The fraction of sp³-hybridized carbons (Fsp3) is 0.500. The zero-order chi connectivity index (χ0) is 44.3. The largest absolute Gasteiger partial charge is 0.453 e. The summed E-state index contributed by atoms with van der Waals surface area (Å²) in [5, 5.41) is 6.73. The summed E-state index contributed by atoms with van der Waals surface area (Å²) in [5.41, 5.74) is 10.4. The summed E-state index contributed by atoms with van der Waals surface area (Å²) in [4.78, 5) is 72.2. The van der Waals surface area contributed by atoms with Crippen molar-refractivity contribution in [1.82, 2.24) is 44.9 Å². The van der Waals surface area contributed by atoms with Gasteiger partial charge in [-0.15, -0.1) is 0 Å². The van der Waals surface area contributed by atoms with Crippen LogP contribution in [0.1, 0.15) is 107 Å². The molecular weight excluding hydrogens is 799 g/mol. The van der Waals surface area contributed by atoms with Crippen molar-refractivity contribution in [2.75, 3.05) is 27.3 Å². The first-order chi connectivity index (χ1) is 30.4. The molecule has 2 aliphatic heterocycles. The smallest absolute Gasteiger partial charge is 0.407 e. The van der Waals surface area contributed by atoms with E-state index in [4.69, 9.17) is 19.4 Å². The van der Waals surface area contributed by atoms with Gasteiger partial charge < -0.3 is 44.4 Å². The standard InChI is InChI=1S/C48H59N9O6/c1-25(2)40(53-47(60)62-6)45(58)56-18-8-10-37(56)43-49-23-34(51-43)28-14-16-31-30(20-28)22-32(27-12-13-27)39-33-21-29(15-17-36(33)55(5)42(31)39)35-24-50-44(52-35)38-11-9-19-57(38)46(59)41(26(3)4)54-48(61)63-7/h14-17,20-21,23-27,32,37-38,40-41H,8-13,18-19,22H2,1-7H3,(H,49,51)(H,50,52)(H,53,60)(H,54,61)/t32?,37-,38-,40?,41?/m0/s1. The summed E-state index contributed by atoms with van der Waals surface area (Å²) in [6.45, 7) is 8.88. The van der Waals surface area contributed by atoms with E-state index in [1.54, 1.807) is 0 Å². The molecule has 4 N–H and O–H groups in total. The molecule has 0 radical (unpaired) electrons. The van der Waals surface area contributed by atoms with Gasteiger partial charge in [0.15, 0.2) is 0 Å². The number of imidazole rings is 2. The van der Waals surface area contributed by atoms with Gasteiger partial charge in [0.2, 0.25) is 11.8 Å². The second kappa shape index (κ2) is 16.9. The first kappa shape index (κ1) is 42.2. The summed E-state index contributed by atoms with van der Waals surface area (Å²) in [7, 11) is 4.78. The number of likely N-dealkylation sites (tertiary alicyclic amines) is 2. The number of aryl methyl sites for hydroxylation is 1. The number of hydrogen-bond acceptors (Lipinski definition) is 8. The molecule has 2 aromatic carbocycles. The normalized spacial score (nSPS) is 20.5. The quantitative estimate of drug-likeness (QED) is 0.104. The van der Waals surface area contributed by atoms with Crippen molar-refractivity contribution in [2.45, 2.75) is 103 Å². The van der Waals surface area contributed by atoms with Gasteiger partial charge in [-0.05, 0) is 104 Å². The highest BCUT2D eigenvalue weighted by atomic mass is 16.5. The fourth-order valence-electron chi connectivity index (χ4n) is 10.4. The van der Waals surface area contributed by atoms with E-state index in [9.17, 15) is 19.2 Å². The molecule has 63 heavy (non-hydrogen) atoms. The average Bonchev–Trinajstić information content (AvgIpc) is 3.83. The summed E-state index contributed by atoms with van der Waals surface area (Å²) in [6, 6.07) is 11.6. The van der Waals surface area contributed by atoms with Crippen molar-refractivity contribution in [3.05, 3.63) is 71.6 Å². The maximum Gasteiger partial charge on any atom is 0.407 e. The van der Waals surface area contributed by atoms with E-state index in [1.165, 1.54) is 60.3 Å². The van der Waals surface area contributed by atoms with Gasteiger partial charge in [0.05, 0.1) is 55.8 Å². The van der Waals surface area contributed by atoms with Crippen molar-refractivity contribution < 1.29 is 28.7 Å². The minimum Gasteiger partial charge on any atom is -0.453 e. The van der Waals surface area contributed by atoms with E-state index in [1.807, 2.05) is 49.9 Å². The van der Waals surface area contributed by atoms with Gasteiger partial charge in [-0.2, -0.15) is 0 Å². The summed E-state index contributed by atoms with van der Waals surface area (Å²) in [5.74, 6) is 2.04. The number of aromatic amines is 2. The Balaban J connectivity index is 0.987. The molecule has 15 nitrogen and oxygen atoms in total. The van der Waals surface area contributed by atoms with Gasteiger partial charge in [0.1, 0.15) is 23.7 Å². The van der Waals surface area contributed by atoms with E-state index < -0.39 is 24.3 Å². The van der Waals surface area contributed by atoms with Gasteiger partial charge in [-0.25, -0.2) is 19.6 Å². The SMILES string of the molecule is COC(=O)NC(C(=O)N1CCC[C@H]1c1ncc(-c2ccc3c(c2)CC(C2CC2)c2c-3n(C)c3ccc(-c4cnc([C@@H]5CCCN5C(=O)C(NC(=O)OC)C(C)C)[nH]4)cc23)[nH]1)C(C)C. The van der Waals surface area contributed by atoms with Gasteiger partial charge in [0, 0.05) is 42.2 Å². The van der Waals surface area contributed by atoms with Crippen LogP contribution in [0.5, 0.6) is 0 Å². The highest BCUT2D eigenvalue weighted by Crippen LogP contribution is 2.54. The number of methoxy groups -OCH3 is 2. The second-order valence-corrected chi connectivity index (χ2v) is 18.5. The van der Waals surface area contributed by atoms with E-state index in [0.717, 1.165) is 66.3 Å². The highest BCUT2D eigenvalue weighted by Gasteiger charge is 2.41. The molecule has 15 heteroatoms. The van der Waals surface area contributed by atoms with Gasteiger partial charge in [-0.1, -0.05) is 45.9 Å². The summed E-state index contributed by atoms with van der Waals surface area (Å²) < 4.78 is 12.0.